The SMILES string of the molecule is CCC(C(=O)O)C(Cn1c2c(c3cc(C)ccc31)CN(C)CC2)c1ccncc1. The summed E-state index contributed by atoms with van der Waals surface area (Å²) in [5.74, 6) is -1.25. The summed E-state index contributed by atoms with van der Waals surface area (Å²) < 4.78 is 2.40. The smallest absolute Gasteiger partial charge is 0.307 e. The molecule has 2 atom stereocenters. The Hall–Kier alpha value is -2.66. The minimum atomic E-state index is -0.727. The second-order valence-electron chi connectivity index (χ2n) is 8.28. The quantitative estimate of drug-likeness (QED) is 0.683. The standard InChI is InChI=1S/C24H29N3O2/c1-4-18(24(28)29)20(17-7-10-25-11-8-17)15-27-22-6-5-16(2)13-19(22)21-14-26(3)12-9-23(21)27/h5-8,10-11,13,18,20H,4,9,12,14-15H2,1-3H3,(H,28,29). The van der Waals surface area contributed by atoms with Gasteiger partial charge in [-0.25, -0.2) is 0 Å². The van der Waals surface area contributed by atoms with Crippen LogP contribution in [-0.4, -0.2) is 39.1 Å². The van der Waals surface area contributed by atoms with Crippen molar-refractivity contribution >= 4 is 16.9 Å². The van der Waals surface area contributed by atoms with E-state index in [-0.39, 0.29) is 5.92 Å². The number of aromatic nitrogens is 2. The molecule has 29 heavy (non-hydrogen) atoms. The monoisotopic (exact) mass is 391 g/mol. The summed E-state index contributed by atoms with van der Waals surface area (Å²) in [5.41, 5.74) is 6.28. The van der Waals surface area contributed by atoms with Gasteiger partial charge in [-0.05, 0) is 55.8 Å². The Labute approximate surface area is 172 Å². The van der Waals surface area contributed by atoms with Crippen LogP contribution in [0.4, 0.5) is 0 Å². The molecule has 0 bridgehead atoms. The number of pyridine rings is 1. The molecule has 5 nitrogen and oxygen atoms in total. The Balaban J connectivity index is 1.85. The lowest BCUT2D eigenvalue weighted by Crippen LogP contribution is -2.29. The van der Waals surface area contributed by atoms with Gasteiger partial charge in [-0.2, -0.15) is 0 Å². The van der Waals surface area contributed by atoms with Crippen LogP contribution < -0.4 is 0 Å². The van der Waals surface area contributed by atoms with E-state index in [1.54, 1.807) is 12.4 Å². The maximum absolute atomic E-state index is 12.1. The van der Waals surface area contributed by atoms with E-state index >= 15 is 0 Å². The summed E-state index contributed by atoms with van der Waals surface area (Å²) in [4.78, 5) is 18.6. The lowest BCUT2D eigenvalue weighted by atomic mass is 9.84. The van der Waals surface area contributed by atoms with Crippen LogP contribution in [0.2, 0.25) is 0 Å². The number of rotatable bonds is 6. The van der Waals surface area contributed by atoms with Gasteiger partial charge >= 0.3 is 5.97 Å². The van der Waals surface area contributed by atoms with E-state index in [1.807, 2.05) is 19.1 Å². The van der Waals surface area contributed by atoms with Crippen LogP contribution in [0.1, 0.15) is 41.6 Å². The van der Waals surface area contributed by atoms with E-state index in [0.29, 0.717) is 13.0 Å². The predicted octanol–water partition coefficient (Wildman–Crippen LogP) is 4.23. The summed E-state index contributed by atoms with van der Waals surface area (Å²) in [5, 5.41) is 11.2. The number of hydrogen-bond donors (Lipinski definition) is 1. The number of carboxylic acids is 1. The lowest BCUT2D eigenvalue weighted by Gasteiger charge is -2.28. The first-order valence-electron chi connectivity index (χ1n) is 10.4. The van der Waals surface area contributed by atoms with Crippen molar-refractivity contribution in [1.29, 1.82) is 0 Å². The molecule has 1 N–H and O–H groups in total. The Morgan fingerprint density at radius 1 is 1.24 bits per heavy atom. The van der Waals surface area contributed by atoms with Crippen molar-refractivity contribution < 1.29 is 9.90 Å². The molecule has 2 unspecified atom stereocenters. The Morgan fingerprint density at radius 2 is 2.00 bits per heavy atom. The molecule has 2 aromatic heterocycles. The first kappa shape index (κ1) is 19.6. The Morgan fingerprint density at radius 3 is 2.69 bits per heavy atom. The first-order chi connectivity index (χ1) is 14.0. The van der Waals surface area contributed by atoms with E-state index in [1.165, 1.54) is 27.7 Å². The van der Waals surface area contributed by atoms with Gasteiger partial charge in [-0.1, -0.05) is 18.6 Å². The molecule has 0 saturated carbocycles. The van der Waals surface area contributed by atoms with Crippen LogP contribution in [0.5, 0.6) is 0 Å². The minimum absolute atomic E-state index is 0.0961. The molecule has 0 aliphatic carbocycles. The van der Waals surface area contributed by atoms with E-state index in [4.69, 9.17) is 0 Å². The average Bonchev–Trinajstić information content (AvgIpc) is 3.00. The maximum atomic E-state index is 12.1. The highest BCUT2D eigenvalue weighted by Gasteiger charge is 2.31. The number of benzene rings is 1. The Kier molecular flexibility index (Phi) is 5.41. The molecular formula is C24H29N3O2. The van der Waals surface area contributed by atoms with Gasteiger partial charge in [0.15, 0.2) is 0 Å². The van der Waals surface area contributed by atoms with Gasteiger partial charge in [0.25, 0.3) is 0 Å². The molecule has 5 heteroatoms. The van der Waals surface area contributed by atoms with Gasteiger partial charge in [0, 0.05) is 61.0 Å². The van der Waals surface area contributed by atoms with E-state index in [9.17, 15) is 9.90 Å². The normalized spacial score (nSPS) is 16.5. The molecule has 1 aliphatic heterocycles. The summed E-state index contributed by atoms with van der Waals surface area (Å²) in [6.45, 7) is 6.74. The summed E-state index contributed by atoms with van der Waals surface area (Å²) in [6.07, 6.45) is 5.12. The van der Waals surface area contributed by atoms with Gasteiger partial charge in [0.05, 0.1) is 5.92 Å². The van der Waals surface area contributed by atoms with Gasteiger partial charge in [0.1, 0.15) is 0 Å². The predicted molar refractivity (Wildman–Crippen MR) is 115 cm³/mol. The third-order valence-corrected chi connectivity index (χ3v) is 6.36. The molecule has 4 rings (SSSR count). The number of fused-ring (bicyclic) bond motifs is 3. The van der Waals surface area contributed by atoms with Crippen LogP contribution in [0.15, 0.2) is 42.7 Å². The highest BCUT2D eigenvalue weighted by Crippen LogP contribution is 2.36. The fourth-order valence-electron chi connectivity index (χ4n) is 4.81. The molecule has 0 fully saturated rings. The number of hydrogen-bond acceptors (Lipinski definition) is 3. The van der Waals surface area contributed by atoms with E-state index in [0.717, 1.165) is 25.1 Å². The van der Waals surface area contributed by atoms with Crippen LogP contribution in [0, 0.1) is 12.8 Å². The zero-order chi connectivity index (χ0) is 20.5. The summed E-state index contributed by atoms with van der Waals surface area (Å²) in [6, 6.07) is 10.6. The van der Waals surface area contributed by atoms with Crippen molar-refractivity contribution in [3.63, 3.8) is 0 Å². The highest BCUT2D eigenvalue weighted by atomic mass is 16.4. The van der Waals surface area contributed by atoms with Gasteiger partial charge in [-0.3, -0.25) is 9.78 Å². The molecule has 3 heterocycles. The van der Waals surface area contributed by atoms with Crippen LogP contribution >= 0.6 is 0 Å². The molecule has 152 valence electrons. The van der Waals surface area contributed by atoms with Gasteiger partial charge < -0.3 is 14.6 Å². The number of aryl methyl sites for hydroxylation is 1. The maximum Gasteiger partial charge on any atom is 0.307 e. The fraction of sp³-hybridized carbons (Fsp3) is 0.417. The van der Waals surface area contributed by atoms with E-state index < -0.39 is 11.9 Å². The number of aliphatic carboxylic acids is 1. The number of carbonyl (C=O) groups is 1. The second kappa shape index (κ2) is 7.99. The van der Waals surface area contributed by atoms with Crippen molar-refractivity contribution in [2.45, 2.75) is 45.7 Å². The van der Waals surface area contributed by atoms with E-state index in [2.05, 4.69) is 46.6 Å². The van der Waals surface area contributed by atoms with Gasteiger partial charge in [0.2, 0.25) is 0 Å². The molecule has 0 radical (unpaired) electrons. The molecule has 1 aromatic carbocycles. The summed E-state index contributed by atoms with van der Waals surface area (Å²) >= 11 is 0. The van der Waals surface area contributed by atoms with Crippen molar-refractivity contribution in [2.24, 2.45) is 5.92 Å². The van der Waals surface area contributed by atoms with Crippen LogP contribution in [-0.2, 0) is 24.3 Å². The number of carboxylic acid groups (broad SMARTS) is 1. The zero-order valence-corrected chi connectivity index (χ0v) is 17.4. The lowest BCUT2D eigenvalue weighted by molar-refractivity contribution is -0.142. The summed E-state index contributed by atoms with van der Waals surface area (Å²) in [7, 11) is 2.17. The molecule has 0 spiro atoms. The van der Waals surface area contributed by atoms with Crippen molar-refractivity contribution in [1.82, 2.24) is 14.5 Å². The van der Waals surface area contributed by atoms with Crippen molar-refractivity contribution in [3.8, 4) is 0 Å². The molecule has 1 aliphatic rings. The minimum Gasteiger partial charge on any atom is -0.481 e. The zero-order valence-electron chi connectivity index (χ0n) is 17.4. The molecule has 0 amide bonds. The molecular weight excluding hydrogens is 362 g/mol. The number of nitrogens with zero attached hydrogens (tertiary/aromatic N) is 3. The van der Waals surface area contributed by atoms with Crippen LogP contribution in [0.3, 0.4) is 0 Å². The Bertz CT molecular complexity index is 1030. The third-order valence-electron chi connectivity index (χ3n) is 6.36. The number of likely N-dealkylation sites (N-methyl/N-ethyl adjacent to an activating group) is 1. The van der Waals surface area contributed by atoms with Gasteiger partial charge in [-0.15, -0.1) is 0 Å². The fourth-order valence-corrected chi connectivity index (χ4v) is 4.81. The van der Waals surface area contributed by atoms with Crippen molar-refractivity contribution in [3.05, 3.63) is 65.1 Å². The van der Waals surface area contributed by atoms with Crippen LogP contribution in [0.25, 0.3) is 10.9 Å². The first-order valence-corrected chi connectivity index (χ1v) is 10.4. The molecule has 3 aromatic rings. The highest BCUT2D eigenvalue weighted by molar-refractivity contribution is 5.86. The third kappa shape index (κ3) is 3.67. The molecule has 0 saturated heterocycles. The topological polar surface area (TPSA) is 58.4 Å². The van der Waals surface area contributed by atoms with Crippen molar-refractivity contribution in [2.75, 3.05) is 13.6 Å². The largest absolute Gasteiger partial charge is 0.481 e. The second-order valence-corrected chi connectivity index (χ2v) is 8.28. The average molecular weight is 392 g/mol.